The fourth-order valence-electron chi connectivity index (χ4n) is 1.79. The van der Waals surface area contributed by atoms with Crippen molar-refractivity contribution in [3.8, 4) is 0 Å². The zero-order chi connectivity index (χ0) is 8.39. The van der Waals surface area contributed by atoms with Gasteiger partial charge in [0.15, 0.2) is 0 Å². The molecule has 1 saturated heterocycles. The number of nitrogens with one attached hydrogen (secondary N) is 2. The lowest BCUT2D eigenvalue weighted by Crippen LogP contribution is -2.23. The summed E-state index contributed by atoms with van der Waals surface area (Å²) in [7, 11) is 0. The van der Waals surface area contributed by atoms with Gasteiger partial charge in [-0.1, -0.05) is 0 Å². The van der Waals surface area contributed by atoms with Gasteiger partial charge in [0.05, 0.1) is 0 Å². The Morgan fingerprint density at radius 1 is 1.58 bits per heavy atom. The number of rotatable bonds is 2. The first kappa shape index (κ1) is 7.83. The fraction of sp³-hybridized carbons (Fsp3) is 0.556. The Morgan fingerprint density at radius 2 is 2.50 bits per heavy atom. The van der Waals surface area contributed by atoms with E-state index in [1.54, 1.807) is 0 Å². The van der Waals surface area contributed by atoms with E-state index in [2.05, 4.69) is 16.4 Å². The van der Waals surface area contributed by atoms with Crippen molar-refractivity contribution in [3.63, 3.8) is 0 Å². The first-order chi connectivity index (χ1) is 5.88. The Labute approximate surface area is 72.3 Å². The second-order valence-electron chi connectivity index (χ2n) is 3.40. The van der Waals surface area contributed by atoms with Gasteiger partial charge in [0.2, 0.25) is 0 Å². The zero-order valence-corrected chi connectivity index (χ0v) is 7.09. The summed E-state index contributed by atoms with van der Waals surface area (Å²) in [5, 5.41) is 3.32. The minimum Gasteiger partial charge on any atom is -0.364 e. The van der Waals surface area contributed by atoms with Crippen LogP contribution in [0, 0.1) is 5.92 Å². The van der Waals surface area contributed by atoms with E-state index in [4.69, 9.17) is 5.73 Å². The van der Waals surface area contributed by atoms with Crippen LogP contribution in [0.15, 0.2) is 18.3 Å². The van der Waals surface area contributed by atoms with Crippen molar-refractivity contribution >= 4 is 0 Å². The molecule has 2 unspecified atom stereocenters. The van der Waals surface area contributed by atoms with E-state index >= 15 is 0 Å². The van der Waals surface area contributed by atoms with Crippen molar-refractivity contribution in [3.05, 3.63) is 24.0 Å². The van der Waals surface area contributed by atoms with Gasteiger partial charge in [0.1, 0.15) is 0 Å². The van der Waals surface area contributed by atoms with Crippen molar-refractivity contribution in [2.75, 3.05) is 13.1 Å². The lowest BCUT2D eigenvalue weighted by Gasteiger charge is -2.16. The Bertz CT molecular complexity index is 224. The molecule has 1 aromatic rings. The number of aromatic amines is 1. The van der Waals surface area contributed by atoms with Crippen LogP contribution < -0.4 is 11.1 Å². The summed E-state index contributed by atoms with van der Waals surface area (Å²) in [5.41, 5.74) is 7.23. The summed E-state index contributed by atoms with van der Waals surface area (Å²) in [6.45, 7) is 2.17. The van der Waals surface area contributed by atoms with Crippen molar-refractivity contribution in [2.45, 2.75) is 12.5 Å². The minimum absolute atomic E-state index is 0.176. The Hall–Kier alpha value is -0.800. The van der Waals surface area contributed by atoms with E-state index in [1.807, 2.05) is 12.3 Å². The van der Waals surface area contributed by atoms with E-state index in [0.29, 0.717) is 5.92 Å². The maximum Gasteiger partial charge on any atom is 0.0489 e. The summed E-state index contributed by atoms with van der Waals surface area (Å²) in [4.78, 5) is 3.16. The molecule has 3 nitrogen and oxygen atoms in total. The van der Waals surface area contributed by atoms with Gasteiger partial charge in [0, 0.05) is 17.9 Å². The highest BCUT2D eigenvalue weighted by Gasteiger charge is 2.23. The predicted molar refractivity (Wildman–Crippen MR) is 48.7 cm³/mol. The molecule has 2 heterocycles. The molecule has 3 heteroatoms. The van der Waals surface area contributed by atoms with Crippen LogP contribution in [0.1, 0.15) is 18.2 Å². The lowest BCUT2D eigenvalue weighted by molar-refractivity contribution is 0.463. The largest absolute Gasteiger partial charge is 0.364 e. The Kier molecular flexibility index (Phi) is 2.15. The van der Waals surface area contributed by atoms with Gasteiger partial charge in [-0.15, -0.1) is 0 Å². The number of hydrogen-bond donors (Lipinski definition) is 3. The van der Waals surface area contributed by atoms with Crippen molar-refractivity contribution in [2.24, 2.45) is 11.7 Å². The molecular weight excluding hydrogens is 150 g/mol. The van der Waals surface area contributed by atoms with Gasteiger partial charge in [-0.3, -0.25) is 0 Å². The van der Waals surface area contributed by atoms with Gasteiger partial charge < -0.3 is 16.0 Å². The Morgan fingerprint density at radius 3 is 3.08 bits per heavy atom. The van der Waals surface area contributed by atoms with Gasteiger partial charge >= 0.3 is 0 Å². The third kappa shape index (κ3) is 1.38. The molecule has 0 spiro atoms. The highest BCUT2D eigenvalue weighted by Crippen LogP contribution is 2.22. The molecule has 0 aliphatic carbocycles. The minimum atomic E-state index is 0.176. The van der Waals surface area contributed by atoms with Crippen LogP contribution in [-0.4, -0.2) is 18.1 Å². The van der Waals surface area contributed by atoms with Crippen molar-refractivity contribution in [1.82, 2.24) is 10.3 Å². The van der Waals surface area contributed by atoms with Gasteiger partial charge in [-0.25, -0.2) is 0 Å². The van der Waals surface area contributed by atoms with E-state index in [1.165, 1.54) is 6.42 Å². The summed E-state index contributed by atoms with van der Waals surface area (Å²) >= 11 is 0. The predicted octanol–water partition coefficient (Wildman–Crippen LogP) is 0.624. The average molecular weight is 165 g/mol. The van der Waals surface area contributed by atoms with Gasteiger partial charge in [0.25, 0.3) is 0 Å². The normalized spacial score (nSPS) is 25.9. The summed E-state index contributed by atoms with van der Waals surface area (Å²) in [6.07, 6.45) is 3.12. The highest BCUT2D eigenvalue weighted by molar-refractivity contribution is 5.10. The van der Waals surface area contributed by atoms with Gasteiger partial charge in [-0.05, 0) is 37.6 Å². The first-order valence-corrected chi connectivity index (χ1v) is 4.47. The van der Waals surface area contributed by atoms with E-state index in [0.717, 1.165) is 18.8 Å². The summed E-state index contributed by atoms with van der Waals surface area (Å²) in [5.74, 6) is 0.601. The molecular formula is C9H15N3. The number of H-pyrrole nitrogens is 1. The molecule has 1 aliphatic rings. The van der Waals surface area contributed by atoms with E-state index in [-0.39, 0.29) is 6.04 Å². The maximum absolute atomic E-state index is 6.07. The van der Waals surface area contributed by atoms with Crippen molar-refractivity contribution in [1.29, 1.82) is 0 Å². The number of aromatic nitrogens is 1. The summed E-state index contributed by atoms with van der Waals surface area (Å²) in [6, 6.07) is 4.23. The SMILES string of the molecule is NC(c1ccc[nH]1)C1CCNC1. The Balaban J connectivity index is 2.04. The van der Waals surface area contributed by atoms with Crippen LogP contribution in [0.3, 0.4) is 0 Å². The van der Waals surface area contributed by atoms with Gasteiger partial charge in [-0.2, -0.15) is 0 Å². The summed E-state index contributed by atoms with van der Waals surface area (Å²) < 4.78 is 0. The quantitative estimate of drug-likeness (QED) is 0.602. The number of hydrogen-bond acceptors (Lipinski definition) is 2. The standard InChI is InChI=1S/C9H15N3/c10-9(7-3-5-11-6-7)8-2-1-4-12-8/h1-2,4,7,9,11-12H,3,5-6,10H2. The molecule has 0 bridgehead atoms. The monoisotopic (exact) mass is 165 g/mol. The van der Waals surface area contributed by atoms with E-state index in [9.17, 15) is 0 Å². The maximum atomic E-state index is 6.07. The van der Waals surface area contributed by atoms with Crippen LogP contribution in [-0.2, 0) is 0 Å². The molecule has 1 aromatic heterocycles. The zero-order valence-electron chi connectivity index (χ0n) is 7.09. The van der Waals surface area contributed by atoms with Crippen LogP contribution in [0.5, 0.6) is 0 Å². The molecule has 66 valence electrons. The third-order valence-corrected chi connectivity index (χ3v) is 2.59. The lowest BCUT2D eigenvalue weighted by atomic mass is 9.97. The smallest absolute Gasteiger partial charge is 0.0489 e. The van der Waals surface area contributed by atoms with Crippen molar-refractivity contribution < 1.29 is 0 Å². The topological polar surface area (TPSA) is 53.8 Å². The molecule has 12 heavy (non-hydrogen) atoms. The molecule has 0 radical (unpaired) electrons. The second-order valence-corrected chi connectivity index (χ2v) is 3.40. The van der Waals surface area contributed by atoms with Crippen LogP contribution in [0.4, 0.5) is 0 Å². The highest BCUT2D eigenvalue weighted by atomic mass is 14.9. The molecule has 2 rings (SSSR count). The molecule has 0 aromatic carbocycles. The first-order valence-electron chi connectivity index (χ1n) is 4.47. The van der Waals surface area contributed by atoms with E-state index < -0.39 is 0 Å². The fourth-order valence-corrected chi connectivity index (χ4v) is 1.79. The molecule has 2 atom stereocenters. The molecule has 0 saturated carbocycles. The van der Waals surface area contributed by atoms with Crippen LogP contribution in [0.2, 0.25) is 0 Å². The number of nitrogens with two attached hydrogens (primary N) is 1. The second kappa shape index (κ2) is 3.29. The van der Waals surface area contributed by atoms with Crippen LogP contribution >= 0.6 is 0 Å². The molecule has 4 N–H and O–H groups in total. The molecule has 1 fully saturated rings. The molecule has 1 aliphatic heterocycles. The average Bonchev–Trinajstić information content (AvgIpc) is 2.77. The van der Waals surface area contributed by atoms with Crippen LogP contribution in [0.25, 0.3) is 0 Å². The third-order valence-electron chi connectivity index (χ3n) is 2.59. The molecule has 0 amide bonds.